The first kappa shape index (κ1) is 27.0. The van der Waals surface area contributed by atoms with E-state index < -0.39 is 38.9 Å². The Balaban J connectivity index is 1.79. The van der Waals surface area contributed by atoms with Gasteiger partial charge in [-0.05, 0) is 65.9 Å². The lowest BCUT2D eigenvalue weighted by molar-refractivity contribution is -0.164. The highest BCUT2D eigenvalue weighted by Crippen LogP contribution is 2.40. The van der Waals surface area contributed by atoms with Crippen LogP contribution in [-0.2, 0) is 26.2 Å². The standard InChI is InChI=1S/C27H30ClN3O5S/c1-26(2,3)27(4,25(33)34)30-14-12-23(24(30)32)31(17-21-7-5-6-13-29-21)37(35,36)22-11-9-18-15-20(28)10-8-19(18)16-22/h5-11,13,15-16,23H,12,14,17H2,1-4H3,(H,33,34)/t23-,27+/m0/s1. The van der Waals surface area contributed by atoms with Crippen LogP contribution < -0.4 is 0 Å². The largest absolute Gasteiger partial charge is 0.479 e. The van der Waals surface area contributed by atoms with Crippen LogP contribution in [0.4, 0.5) is 0 Å². The van der Waals surface area contributed by atoms with E-state index in [2.05, 4.69) is 4.98 Å². The van der Waals surface area contributed by atoms with E-state index in [-0.39, 0.29) is 24.4 Å². The fourth-order valence-corrected chi connectivity index (χ4v) is 6.52. The number of amides is 1. The van der Waals surface area contributed by atoms with Crippen molar-refractivity contribution in [3.63, 3.8) is 0 Å². The van der Waals surface area contributed by atoms with Crippen molar-refractivity contribution in [2.45, 2.75) is 57.1 Å². The second kappa shape index (κ2) is 9.70. The zero-order valence-electron chi connectivity index (χ0n) is 21.2. The fourth-order valence-electron chi connectivity index (χ4n) is 4.72. The van der Waals surface area contributed by atoms with Crippen LogP contribution in [0.15, 0.2) is 65.7 Å². The number of halogens is 1. The molecule has 1 aliphatic rings. The quantitative estimate of drug-likeness (QED) is 0.467. The predicted octanol–water partition coefficient (Wildman–Crippen LogP) is 4.57. The van der Waals surface area contributed by atoms with Crippen molar-refractivity contribution in [3.05, 3.63) is 71.5 Å². The highest BCUT2D eigenvalue weighted by molar-refractivity contribution is 7.89. The Hall–Kier alpha value is -3.01. The summed E-state index contributed by atoms with van der Waals surface area (Å²) in [6.07, 6.45) is 1.72. The van der Waals surface area contributed by atoms with Crippen LogP contribution >= 0.6 is 11.6 Å². The molecule has 2 heterocycles. The van der Waals surface area contributed by atoms with E-state index >= 15 is 0 Å². The maximum Gasteiger partial charge on any atom is 0.329 e. The Morgan fingerprint density at radius 1 is 1.11 bits per heavy atom. The van der Waals surface area contributed by atoms with Crippen LogP contribution in [0.3, 0.4) is 0 Å². The van der Waals surface area contributed by atoms with Crippen LogP contribution in [-0.4, -0.2) is 57.7 Å². The molecule has 0 saturated carbocycles. The average molecular weight is 544 g/mol. The lowest BCUT2D eigenvalue weighted by Crippen LogP contribution is -2.62. The van der Waals surface area contributed by atoms with Crippen molar-refractivity contribution in [3.8, 4) is 0 Å². The van der Waals surface area contributed by atoms with Gasteiger partial charge in [0.1, 0.15) is 11.6 Å². The first-order valence-corrected chi connectivity index (χ1v) is 13.7. The van der Waals surface area contributed by atoms with Crippen molar-refractivity contribution in [1.29, 1.82) is 0 Å². The Morgan fingerprint density at radius 2 is 1.78 bits per heavy atom. The summed E-state index contributed by atoms with van der Waals surface area (Å²) in [4.78, 5) is 31.8. The Bertz CT molecular complexity index is 1460. The van der Waals surface area contributed by atoms with Gasteiger partial charge in [0.05, 0.1) is 17.1 Å². The molecule has 37 heavy (non-hydrogen) atoms. The topological polar surface area (TPSA) is 108 Å². The van der Waals surface area contributed by atoms with E-state index in [0.29, 0.717) is 16.1 Å². The molecule has 0 unspecified atom stereocenters. The minimum atomic E-state index is -4.18. The van der Waals surface area contributed by atoms with Crippen molar-refractivity contribution < 1.29 is 23.1 Å². The van der Waals surface area contributed by atoms with E-state index in [1.54, 1.807) is 75.5 Å². The molecular weight excluding hydrogens is 514 g/mol. The van der Waals surface area contributed by atoms with Gasteiger partial charge < -0.3 is 10.0 Å². The third-order valence-corrected chi connectivity index (χ3v) is 9.45. The van der Waals surface area contributed by atoms with Gasteiger partial charge in [-0.1, -0.05) is 50.6 Å². The summed E-state index contributed by atoms with van der Waals surface area (Å²) in [5.74, 6) is -1.67. The molecule has 0 spiro atoms. The summed E-state index contributed by atoms with van der Waals surface area (Å²) in [6, 6.07) is 14.0. The van der Waals surface area contributed by atoms with Gasteiger partial charge in [0, 0.05) is 17.8 Å². The zero-order chi connectivity index (χ0) is 27.2. The number of hydrogen-bond donors (Lipinski definition) is 1. The molecule has 4 rings (SSSR count). The number of likely N-dealkylation sites (tertiary alicyclic amines) is 1. The maximum absolute atomic E-state index is 14.1. The van der Waals surface area contributed by atoms with Gasteiger partial charge in [0.25, 0.3) is 0 Å². The van der Waals surface area contributed by atoms with Gasteiger partial charge in [-0.15, -0.1) is 0 Å². The number of carbonyl (C=O) groups excluding carboxylic acids is 1. The molecule has 1 aliphatic heterocycles. The molecule has 2 aromatic carbocycles. The number of pyridine rings is 1. The molecule has 1 saturated heterocycles. The molecule has 1 amide bonds. The summed E-state index contributed by atoms with van der Waals surface area (Å²) in [5, 5.41) is 12.1. The number of hydrogen-bond acceptors (Lipinski definition) is 5. The van der Waals surface area contributed by atoms with Crippen molar-refractivity contribution in [1.82, 2.24) is 14.2 Å². The molecular formula is C27H30ClN3O5S. The number of aromatic nitrogens is 1. The van der Waals surface area contributed by atoms with E-state index in [4.69, 9.17) is 11.6 Å². The smallest absolute Gasteiger partial charge is 0.329 e. The highest BCUT2D eigenvalue weighted by atomic mass is 35.5. The average Bonchev–Trinajstić information content (AvgIpc) is 3.22. The van der Waals surface area contributed by atoms with Gasteiger partial charge in [-0.2, -0.15) is 4.31 Å². The molecule has 1 fully saturated rings. The van der Waals surface area contributed by atoms with Gasteiger partial charge in [-0.25, -0.2) is 13.2 Å². The number of aliphatic carboxylic acids is 1. The highest BCUT2D eigenvalue weighted by Gasteiger charge is 2.56. The number of fused-ring (bicyclic) bond motifs is 1. The number of carbonyl (C=O) groups is 2. The molecule has 196 valence electrons. The summed E-state index contributed by atoms with van der Waals surface area (Å²) < 4.78 is 29.3. The fraction of sp³-hybridized carbons (Fsp3) is 0.370. The molecule has 0 bridgehead atoms. The first-order chi connectivity index (χ1) is 17.3. The Labute approximate surface area is 221 Å². The maximum atomic E-state index is 14.1. The predicted molar refractivity (Wildman–Crippen MR) is 142 cm³/mol. The molecule has 8 nitrogen and oxygen atoms in total. The third kappa shape index (κ3) is 4.83. The monoisotopic (exact) mass is 543 g/mol. The van der Waals surface area contributed by atoms with E-state index in [0.717, 1.165) is 9.69 Å². The van der Waals surface area contributed by atoms with Crippen LogP contribution in [0.1, 0.15) is 39.8 Å². The van der Waals surface area contributed by atoms with E-state index in [1.807, 2.05) is 0 Å². The van der Waals surface area contributed by atoms with Crippen LogP contribution in [0, 0.1) is 5.41 Å². The summed E-state index contributed by atoms with van der Waals surface area (Å²) in [5.41, 5.74) is -1.85. The third-order valence-electron chi connectivity index (χ3n) is 7.37. The van der Waals surface area contributed by atoms with Gasteiger partial charge in [-0.3, -0.25) is 9.78 Å². The number of carboxylic acids is 1. The zero-order valence-corrected chi connectivity index (χ0v) is 22.8. The normalized spacial score (nSPS) is 18.4. The number of rotatable bonds is 7. The summed E-state index contributed by atoms with van der Waals surface area (Å²) in [6.45, 7) is 6.77. The first-order valence-electron chi connectivity index (χ1n) is 11.9. The van der Waals surface area contributed by atoms with E-state index in [9.17, 15) is 23.1 Å². The number of benzene rings is 2. The molecule has 0 radical (unpaired) electrons. The minimum Gasteiger partial charge on any atom is -0.479 e. The molecule has 0 aliphatic carbocycles. The minimum absolute atomic E-state index is 0.0290. The number of carboxylic acid groups (broad SMARTS) is 1. The Morgan fingerprint density at radius 3 is 2.41 bits per heavy atom. The molecule has 3 aromatic rings. The van der Waals surface area contributed by atoms with Crippen LogP contribution in [0.2, 0.25) is 5.02 Å². The van der Waals surface area contributed by atoms with Crippen LogP contribution in [0.25, 0.3) is 10.8 Å². The SMILES string of the molecule is CC(C)(C)[C@@](C)(C(=O)O)N1CC[C@H](N(Cc2ccccn2)S(=O)(=O)c2ccc3cc(Cl)ccc3c2)C1=O. The van der Waals surface area contributed by atoms with Crippen molar-refractivity contribution in [2.75, 3.05) is 6.54 Å². The summed E-state index contributed by atoms with van der Waals surface area (Å²) >= 11 is 6.08. The van der Waals surface area contributed by atoms with Crippen molar-refractivity contribution >= 4 is 44.3 Å². The second-order valence-electron chi connectivity index (χ2n) is 10.4. The lowest BCUT2D eigenvalue weighted by Gasteiger charge is -2.45. The molecule has 1 N–H and O–H groups in total. The van der Waals surface area contributed by atoms with Crippen LogP contribution in [0.5, 0.6) is 0 Å². The van der Waals surface area contributed by atoms with Gasteiger partial charge in [0.2, 0.25) is 15.9 Å². The van der Waals surface area contributed by atoms with Crippen molar-refractivity contribution in [2.24, 2.45) is 5.41 Å². The van der Waals surface area contributed by atoms with E-state index in [1.165, 1.54) is 17.9 Å². The van der Waals surface area contributed by atoms with Gasteiger partial charge in [0.15, 0.2) is 0 Å². The molecule has 10 heteroatoms. The number of nitrogens with zero attached hydrogens (tertiary/aromatic N) is 3. The summed E-state index contributed by atoms with van der Waals surface area (Å²) in [7, 11) is -4.18. The molecule has 1 aromatic heterocycles. The lowest BCUT2D eigenvalue weighted by atomic mass is 9.73. The molecule has 2 atom stereocenters. The van der Waals surface area contributed by atoms with Gasteiger partial charge >= 0.3 is 5.97 Å². The second-order valence-corrected chi connectivity index (χ2v) is 12.8. The number of sulfonamides is 1. The Kier molecular flexibility index (Phi) is 7.09.